The van der Waals surface area contributed by atoms with Gasteiger partial charge in [0, 0.05) is 24.3 Å². The molecule has 2 unspecified atom stereocenters. The Morgan fingerprint density at radius 2 is 1.60 bits per heavy atom. The number of halogens is 1. The number of likely N-dealkylation sites (tertiary alicyclic amines) is 1. The van der Waals surface area contributed by atoms with Crippen LogP contribution in [0.3, 0.4) is 0 Å². The Labute approximate surface area is 323 Å². The number of nitrogens with zero attached hydrogens (tertiary/aromatic N) is 7. The summed E-state index contributed by atoms with van der Waals surface area (Å²) in [4.78, 5) is 29.8. The molecule has 282 valence electrons. The molecule has 2 aliphatic rings. The molecule has 6 rings (SSSR count). The van der Waals surface area contributed by atoms with E-state index in [2.05, 4.69) is 79.4 Å². The lowest BCUT2D eigenvalue weighted by atomic mass is 9.76. The SMILES string of the molecule is CCC(Oc1ccc(C(C)(C)CC)cc1C(C)(C)CC)C(=O)Nc1ccc(N2N=C(N3CCCC3)C(Sc3nnnn3-c3ccccc3)C2=O)cc1.Cl. The summed E-state index contributed by atoms with van der Waals surface area (Å²) in [6.45, 7) is 17.0. The fourth-order valence-electron chi connectivity index (χ4n) is 6.34. The summed E-state index contributed by atoms with van der Waals surface area (Å²) in [5, 5.41) is 21.5. The van der Waals surface area contributed by atoms with Crippen LogP contribution in [0.1, 0.15) is 91.7 Å². The molecule has 3 aromatic carbocycles. The third-order valence-corrected chi connectivity index (χ3v) is 11.6. The van der Waals surface area contributed by atoms with Crippen LogP contribution >= 0.6 is 24.2 Å². The average Bonchev–Trinajstić information content (AvgIpc) is 3.93. The number of amides is 2. The molecule has 2 aliphatic heterocycles. The molecule has 1 saturated heterocycles. The highest BCUT2D eigenvalue weighted by Crippen LogP contribution is 2.39. The van der Waals surface area contributed by atoms with Gasteiger partial charge in [-0.1, -0.05) is 90.6 Å². The van der Waals surface area contributed by atoms with Crippen molar-refractivity contribution in [2.45, 2.75) is 108 Å². The lowest BCUT2D eigenvalue weighted by Gasteiger charge is -2.31. The van der Waals surface area contributed by atoms with Crippen molar-refractivity contribution >= 4 is 53.2 Å². The smallest absolute Gasteiger partial charge is 0.268 e. The van der Waals surface area contributed by atoms with E-state index in [-0.39, 0.29) is 35.1 Å². The number of para-hydroxylation sites is 1. The maximum atomic E-state index is 14.0. The maximum absolute atomic E-state index is 14.0. The second-order valence-corrected chi connectivity index (χ2v) is 15.8. The molecule has 0 bridgehead atoms. The topological polar surface area (TPSA) is 118 Å². The van der Waals surface area contributed by atoms with Crippen LogP contribution in [0.2, 0.25) is 0 Å². The third-order valence-electron chi connectivity index (χ3n) is 10.5. The first-order valence-electron chi connectivity index (χ1n) is 18.4. The number of nitrogens with one attached hydrogen (secondary N) is 1. The minimum absolute atomic E-state index is 0. The zero-order valence-corrected chi connectivity index (χ0v) is 33.3. The molecule has 2 amide bonds. The van der Waals surface area contributed by atoms with Gasteiger partial charge in [0.25, 0.3) is 11.8 Å². The fraction of sp³-hybridized carbons (Fsp3) is 0.450. The lowest BCUT2D eigenvalue weighted by Crippen LogP contribution is -2.37. The predicted octanol–water partition coefficient (Wildman–Crippen LogP) is 8.17. The van der Waals surface area contributed by atoms with Gasteiger partial charge in [-0.2, -0.15) is 14.8 Å². The highest BCUT2D eigenvalue weighted by molar-refractivity contribution is 8.01. The number of carbonyl (C=O) groups is 2. The van der Waals surface area contributed by atoms with E-state index in [4.69, 9.17) is 9.84 Å². The molecule has 4 aromatic rings. The Kier molecular flexibility index (Phi) is 12.5. The molecular formula is C40H51ClN8O3S. The molecule has 1 fully saturated rings. The lowest BCUT2D eigenvalue weighted by molar-refractivity contribution is -0.123. The van der Waals surface area contributed by atoms with Crippen molar-refractivity contribution in [3.05, 3.63) is 83.9 Å². The van der Waals surface area contributed by atoms with E-state index in [0.29, 0.717) is 28.8 Å². The number of ether oxygens (including phenoxy) is 1. The second-order valence-electron chi connectivity index (χ2n) is 14.7. The highest BCUT2D eigenvalue weighted by atomic mass is 35.5. The van der Waals surface area contributed by atoms with Gasteiger partial charge in [0.2, 0.25) is 5.16 Å². The van der Waals surface area contributed by atoms with Crippen LogP contribution in [0.5, 0.6) is 5.75 Å². The van der Waals surface area contributed by atoms with Crippen LogP contribution in [0.25, 0.3) is 5.69 Å². The molecular weight excluding hydrogens is 708 g/mol. The minimum Gasteiger partial charge on any atom is -0.480 e. The van der Waals surface area contributed by atoms with E-state index in [1.54, 1.807) is 28.9 Å². The first kappa shape index (κ1) is 39.8. The van der Waals surface area contributed by atoms with Crippen LogP contribution < -0.4 is 15.1 Å². The van der Waals surface area contributed by atoms with Crippen molar-refractivity contribution in [3.63, 3.8) is 0 Å². The molecule has 1 N–H and O–H groups in total. The summed E-state index contributed by atoms with van der Waals surface area (Å²) in [5.74, 6) is 1.04. The van der Waals surface area contributed by atoms with Crippen molar-refractivity contribution in [2.75, 3.05) is 23.4 Å². The van der Waals surface area contributed by atoms with Crippen molar-refractivity contribution in [1.29, 1.82) is 0 Å². The zero-order valence-electron chi connectivity index (χ0n) is 31.7. The molecule has 53 heavy (non-hydrogen) atoms. The molecule has 0 aliphatic carbocycles. The summed E-state index contributed by atoms with van der Waals surface area (Å²) in [7, 11) is 0. The molecule has 0 spiro atoms. The number of hydrogen-bond acceptors (Lipinski definition) is 9. The molecule has 11 nitrogen and oxygen atoms in total. The summed E-state index contributed by atoms with van der Waals surface area (Å²) in [6.07, 6.45) is 3.86. The van der Waals surface area contributed by atoms with Crippen molar-refractivity contribution in [3.8, 4) is 11.4 Å². The van der Waals surface area contributed by atoms with Gasteiger partial charge in [-0.05, 0) is 101 Å². The van der Waals surface area contributed by atoms with Gasteiger partial charge in [0.05, 0.1) is 11.4 Å². The van der Waals surface area contributed by atoms with Crippen molar-refractivity contribution in [1.82, 2.24) is 25.1 Å². The number of anilines is 2. The predicted molar refractivity (Wildman–Crippen MR) is 215 cm³/mol. The van der Waals surface area contributed by atoms with Crippen molar-refractivity contribution < 1.29 is 14.3 Å². The fourth-order valence-corrected chi connectivity index (χ4v) is 7.38. The largest absolute Gasteiger partial charge is 0.480 e. The van der Waals surface area contributed by atoms with E-state index in [1.165, 1.54) is 22.3 Å². The Morgan fingerprint density at radius 1 is 0.925 bits per heavy atom. The monoisotopic (exact) mass is 758 g/mol. The molecule has 2 atom stereocenters. The molecule has 0 radical (unpaired) electrons. The molecule has 13 heteroatoms. The number of amidine groups is 1. The van der Waals surface area contributed by atoms with E-state index in [0.717, 1.165) is 55.8 Å². The van der Waals surface area contributed by atoms with Gasteiger partial charge in [0.1, 0.15) is 11.6 Å². The summed E-state index contributed by atoms with van der Waals surface area (Å²) < 4.78 is 8.12. The summed E-state index contributed by atoms with van der Waals surface area (Å²) in [5.41, 5.74) is 4.31. The van der Waals surface area contributed by atoms with E-state index >= 15 is 0 Å². The second kappa shape index (κ2) is 16.7. The number of tetrazole rings is 1. The van der Waals surface area contributed by atoms with Gasteiger partial charge < -0.3 is 15.0 Å². The van der Waals surface area contributed by atoms with Gasteiger partial charge in [-0.25, -0.2) is 0 Å². The quantitative estimate of drug-likeness (QED) is 0.145. The number of benzene rings is 3. The maximum Gasteiger partial charge on any atom is 0.268 e. The first-order valence-corrected chi connectivity index (χ1v) is 19.2. The Morgan fingerprint density at radius 3 is 2.25 bits per heavy atom. The third kappa shape index (κ3) is 8.54. The van der Waals surface area contributed by atoms with Crippen LogP contribution in [-0.2, 0) is 20.4 Å². The Balaban J connectivity index is 0.00000541. The number of rotatable bonds is 13. The first-order chi connectivity index (χ1) is 25.0. The van der Waals surface area contributed by atoms with Crippen LogP contribution in [0.4, 0.5) is 11.4 Å². The summed E-state index contributed by atoms with van der Waals surface area (Å²) >= 11 is 1.30. The minimum atomic E-state index is -0.686. The number of thioether (sulfide) groups is 1. The Bertz CT molecular complexity index is 1910. The average molecular weight is 759 g/mol. The highest BCUT2D eigenvalue weighted by Gasteiger charge is 2.42. The van der Waals surface area contributed by atoms with Gasteiger partial charge in [-0.15, -0.1) is 17.5 Å². The number of hydrogen-bond donors (Lipinski definition) is 1. The van der Waals surface area contributed by atoms with Gasteiger partial charge in [0.15, 0.2) is 11.4 Å². The van der Waals surface area contributed by atoms with E-state index in [9.17, 15) is 9.59 Å². The molecule has 3 heterocycles. The van der Waals surface area contributed by atoms with E-state index < -0.39 is 11.4 Å². The summed E-state index contributed by atoms with van der Waals surface area (Å²) in [6, 6.07) is 23.2. The molecule has 1 aromatic heterocycles. The van der Waals surface area contributed by atoms with Gasteiger partial charge >= 0.3 is 0 Å². The van der Waals surface area contributed by atoms with Crippen LogP contribution in [0, 0.1) is 0 Å². The van der Waals surface area contributed by atoms with Crippen molar-refractivity contribution in [2.24, 2.45) is 5.10 Å². The number of carbonyl (C=O) groups excluding carboxylic acids is 2. The standard InChI is InChI=1S/C40H50N8O3S.ClH/c1-8-32(51-33-23-18-27(39(4,5)9-2)26-31(33)40(6,7)10-3)36(49)41-28-19-21-30(22-20-28)47-37(50)34(35(43-47)46-24-14-15-25-46)52-38-42-44-45-48(38)29-16-12-11-13-17-29;/h11-13,16-23,26,32,34H,8-10,14-15,24-25H2,1-7H3,(H,41,49);1H. The normalized spacial score (nSPS) is 16.7. The Hall–Kier alpha value is -4.42. The van der Waals surface area contributed by atoms with Crippen LogP contribution in [0.15, 0.2) is 83.1 Å². The number of hydrazone groups is 1. The zero-order chi connectivity index (χ0) is 37.0. The van der Waals surface area contributed by atoms with Gasteiger partial charge in [-0.3, -0.25) is 9.59 Å². The van der Waals surface area contributed by atoms with E-state index in [1.807, 2.05) is 43.3 Å². The van der Waals surface area contributed by atoms with Crippen LogP contribution in [-0.4, -0.2) is 67.2 Å². The molecule has 0 saturated carbocycles. The number of aromatic nitrogens is 4.